The second kappa shape index (κ2) is 9.36. The summed E-state index contributed by atoms with van der Waals surface area (Å²) in [6, 6.07) is 15.9. The average molecular weight is 477 g/mol. The maximum Gasteiger partial charge on any atom is 0.407 e. The zero-order chi connectivity index (χ0) is 24.6. The van der Waals surface area contributed by atoms with Gasteiger partial charge in [0.2, 0.25) is 5.91 Å². The fourth-order valence-electron chi connectivity index (χ4n) is 6.14. The molecule has 3 N–H and O–H groups in total. The van der Waals surface area contributed by atoms with Crippen LogP contribution in [0.2, 0.25) is 0 Å². The van der Waals surface area contributed by atoms with Gasteiger partial charge in [0.1, 0.15) is 6.61 Å². The number of carbonyl (C=O) groups is 3. The number of carboxylic acids is 1. The lowest BCUT2D eigenvalue weighted by Gasteiger charge is -2.32. The number of amides is 2. The maximum atomic E-state index is 13.2. The van der Waals surface area contributed by atoms with Crippen molar-refractivity contribution in [1.29, 1.82) is 0 Å². The van der Waals surface area contributed by atoms with Crippen LogP contribution in [0.4, 0.5) is 4.79 Å². The van der Waals surface area contributed by atoms with Gasteiger partial charge in [-0.25, -0.2) is 4.79 Å². The fourth-order valence-corrected chi connectivity index (χ4v) is 6.14. The van der Waals surface area contributed by atoms with Crippen LogP contribution in [0, 0.1) is 11.3 Å². The van der Waals surface area contributed by atoms with Crippen molar-refractivity contribution in [1.82, 2.24) is 10.6 Å². The van der Waals surface area contributed by atoms with Gasteiger partial charge in [-0.05, 0) is 61.3 Å². The van der Waals surface area contributed by atoms with E-state index >= 15 is 0 Å². The predicted octanol–water partition coefficient (Wildman–Crippen LogP) is 4.45. The molecule has 0 saturated heterocycles. The van der Waals surface area contributed by atoms with Crippen LogP contribution in [0.1, 0.15) is 62.5 Å². The van der Waals surface area contributed by atoms with E-state index < -0.39 is 23.4 Å². The highest BCUT2D eigenvalue weighted by Crippen LogP contribution is 2.44. The molecule has 0 aliphatic heterocycles. The standard InChI is InChI=1S/C28H32N2O5/c1-28(26(33)29-18-13-12-17(15-18)25(31)32)14-6-11-24(28)30-27(34)35-16-23-21-9-4-2-7-19(21)20-8-3-5-10-22(20)23/h2-5,7-10,17-18,23-24H,6,11-16H2,1H3,(H,29,33)(H,30,34)(H,31,32)/t17-,18+,24?,28?/m0/s1. The molecular formula is C28H32N2O5. The molecule has 2 fully saturated rings. The molecule has 5 rings (SSSR count). The van der Waals surface area contributed by atoms with Crippen molar-refractivity contribution < 1.29 is 24.2 Å². The van der Waals surface area contributed by atoms with Crippen LogP contribution in [0.15, 0.2) is 48.5 Å². The molecule has 0 spiro atoms. The summed E-state index contributed by atoms with van der Waals surface area (Å²) >= 11 is 0. The molecule has 7 nitrogen and oxygen atoms in total. The molecule has 2 saturated carbocycles. The van der Waals surface area contributed by atoms with Gasteiger partial charge in [0.05, 0.1) is 11.3 Å². The topological polar surface area (TPSA) is 105 Å². The Bertz CT molecular complexity index is 1100. The van der Waals surface area contributed by atoms with E-state index in [1.807, 2.05) is 31.2 Å². The van der Waals surface area contributed by atoms with Gasteiger partial charge in [-0.15, -0.1) is 0 Å². The van der Waals surface area contributed by atoms with Crippen molar-refractivity contribution in [2.24, 2.45) is 11.3 Å². The highest BCUT2D eigenvalue weighted by atomic mass is 16.5. The van der Waals surface area contributed by atoms with Crippen molar-refractivity contribution >= 4 is 18.0 Å². The van der Waals surface area contributed by atoms with E-state index in [9.17, 15) is 19.5 Å². The van der Waals surface area contributed by atoms with Crippen LogP contribution in [0.5, 0.6) is 0 Å². The summed E-state index contributed by atoms with van der Waals surface area (Å²) in [7, 11) is 0. The summed E-state index contributed by atoms with van der Waals surface area (Å²) in [5.41, 5.74) is 3.92. The number of benzene rings is 2. The fraction of sp³-hybridized carbons (Fsp3) is 0.464. The van der Waals surface area contributed by atoms with Gasteiger partial charge in [-0.1, -0.05) is 55.0 Å². The van der Waals surface area contributed by atoms with E-state index in [-0.39, 0.29) is 30.5 Å². The van der Waals surface area contributed by atoms with Gasteiger partial charge in [-0.3, -0.25) is 9.59 Å². The largest absolute Gasteiger partial charge is 0.481 e. The molecule has 0 aromatic heterocycles. The first-order chi connectivity index (χ1) is 16.9. The summed E-state index contributed by atoms with van der Waals surface area (Å²) in [5, 5.41) is 15.2. The van der Waals surface area contributed by atoms with E-state index in [0.29, 0.717) is 32.1 Å². The van der Waals surface area contributed by atoms with Crippen molar-refractivity contribution in [3.63, 3.8) is 0 Å². The number of carboxylic acid groups (broad SMARTS) is 1. The van der Waals surface area contributed by atoms with Crippen molar-refractivity contribution in [3.05, 3.63) is 59.7 Å². The van der Waals surface area contributed by atoms with Crippen LogP contribution < -0.4 is 10.6 Å². The first-order valence-electron chi connectivity index (χ1n) is 12.5. The number of rotatable bonds is 6. The molecule has 3 aliphatic rings. The second-order valence-electron chi connectivity index (χ2n) is 10.4. The predicted molar refractivity (Wildman–Crippen MR) is 131 cm³/mol. The Labute approximate surface area is 205 Å². The Kier molecular flexibility index (Phi) is 6.26. The lowest BCUT2D eigenvalue weighted by atomic mass is 9.83. The molecule has 4 atom stereocenters. The Balaban J connectivity index is 1.20. The molecule has 0 radical (unpaired) electrons. The Morgan fingerprint density at radius 3 is 2.26 bits per heavy atom. The molecule has 2 unspecified atom stereocenters. The Hall–Kier alpha value is -3.35. The SMILES string of the molecule is CC1(C(=O)N[C@@H]2CC[C@H](C(=O)O)C2)CCCC1NC(=O)OCC1c2ccccc2-c2ccccc21. The number of nitrogens with one attached hydrogen (secondary N) is 2. The van der Waals surface area contributed by atoms with Crippen molar-refractivity contribution in [2.75, 3.05) is 6.61 Å². The molecule has 2 aromatic rings. The quantitative estimate of drug-likeness (QED) is 0.571. The smallest absolute Gasteiger partial charge is 0.407 e. The first-order valence-corrected chi connectivity index (χ1v) is 12.5. The highest BCUT2D eigenvalue weighted by molar-refractivity contribution is 5.85. The molecule has 7 heteroatoms. The summed E-state index contributed by atoms with van der Waals surface area (Å²) in [6.07, 6.45) is 3.41. The summed E-state index contributed by atoms with van der Waals surface area (Å²) in [4.78, 5) is 37.2. The third-order valence-electron chi connectivity index (χ3n) is 8.23. The molecule has 3 aliphatic carbocycles. The number of hydrogen-bond donors (Lipinski definition) is 3. The summed E-state index contributed by atoms with van der Waals surface area (Å²) in [6.45, 7) is 2.11. The Morgan fingerprint density at radius 1 is 0.971 bits per heavy atom. The van der Waals surface area contributed by atoms with Gasteiger partial charge in [0.15, 0.2) is 0 Å². The van der Waals surface area contributed by atoms with E-state index in [1.165, 1.54) is 11.1 Å². The third kappa shape index (κ3) is 4.40. The first kappa shape index (κ1) is 23.4. The van der Waals surface area contributed by atoms with Crippen LogP contribution in [-0.2, 0) is 14.3 Å². The second-order valence-corrected chi connectivity index (χ2v) is 10.4. The van der Waals surface area contributed by atoms with Gasteiger partial charge < -0.3 is 20.5 Å². The van der Waals surface area contributed by atoms with Gasteiger partial charge in [0.25, 0.3) is 0 Å². The van der Waals surface area contributed by atoms with Crippen LogP contribution in [0.3, 0.4) is 0 Å². The molecule has 184 valence electrons. The Morgan fingerprint density at radius 2 is 1.63 bits per heavy atom. The lowest BCUT2D eigenvalue weighted by molar-refractivity contribution is -0.141. The van der Waals surface area contributed by atoms with Crippen LogP contribution >= 0.6 is 0 Å². The number of carbonyl (C=O) groups excluding carboxylic acids is 2. The maximum absolute atomic E-state index is 13.2. The summed E-state index contributed by atoms with van der Waals surface area (Å²) in [5.74, 6) is -1.33. The normalized spacial score (nSPS) is 27.2. The lowest BCUT2D eigenvalue weighted by Crippen LogP contribution is -2.53. The molecule has 0 bridgehead atoms. The number of alkyl carbamates (subject to hydrolysis) is 1. The zero-order valence-electron chi connectivity index (χ0n) is 20.0. The third-order valence-corrected chi connectivity index (χ3v) is 8.23. The molecule has 0 heterocycles. The van der Waals surface area contributed by atoms with E-state index in [0.717, 1.165) is 17.5 Å². The van der Waals surface area contributed by atoms with Crippen molar-refractivity contribution in [2.45, 2.75) is 63.5 Å². The van der Waals surface area contributed by atoms with E-state index in [4.69, 9.17) is 4.74 Å². The monoisotopic (exact) mass is 476 g/mol. The van der Waals surface area contributed by atoms with Gasteiger partial charge in [0, 0.05) is 18.0 Å². The van der Waals surface area contributed by atoms with Gasteiger partial charge >= 0.3 is 12.1 Å². The number of aliphatic carboxylic acids is 1. The molecular weight excluding hydrogens is 444 g/mol. The zero-order valence-corrected chi connectivity index (χ0v) is 20.0. The van der Waals surface area contributed by atoms with E-state index in [1.54, 1.807) is 0 Å². The minimum Gasteiger partial charge on any atom is -0.481 e. The minimum absolute atomic E-state index is 0.0176. The van der Waals surface area contributed by atoms with Crippen molar-refractivity contribution in [3.8, 4) is 11.1 Å². The van der Waals surface area contributed by atoms with E-state index in [2.05, 4.69) is 34.9 Å². The van der Waals surface area contributed by atoms with Crippen LogP contribution in [0.25, 0.3) is 11.1 Å². The number of hydrogen-bond acceptors (Lipinski definition) is 4. The minimum atomic E-state index is -0.802. The molecule has 35 heavy (non-hydrogen) atoms. The molecule has 2 amide bonds. The number of fused-ring (bicyclic) bond motifs is 3. The number of ether oxygens (including phenoxy) is 1. The van der Waals surface area contributed by atoms with Crippen LogP contribution in [-0.4, -0.2) is 41.8 Å². The average Bonchev–Trinajstić information content (AvgIpc) is 3.55. The highest BCUT2D eigenvalue weighted by Gasteiger charge is 2.47. The molecule has 2 aromatic carbocycles. The summed E-state index contributed by atoms with van der Waals surface area (Å²) < 4.78 is 5.70. The van der Waals surface area contributed by atoms with Gasteiger partial charge in [-0.2, -0.15) is 0 Å².